The van der Waals surface area contributed by atoms with Gasteiger partial charge in [0.25, 0.3) is 5.91 Å². The lowest BCUT2D eigenvalue weighted by atomic mass is 10.2. The Bertz CT molecular complexity index is 522. The molecule has 1 saturated heterocycles. The molecule has 1 heterocycles. The highest BCUT2D eigenvalue weighted by molar-refractivity contribution is 9.10. The van der Waals surface area contributed by atoms with Crippen molar-refractivity contribution >= 4 is 45.1 Å². The van der Waals surface area contributed by atoms with E-state index in [-0.39, 0.29) is 5.91 Å². The number of nitrogens with one attached hydrogen (secondary N) is 1. The van der Waals surface area contributed by atoms with Gasteiger partial charge in [-0.3, -0.25) is 4.79 Å². The number of benzene rings is 1. The first-order valence-corrected chi connectivity index (χ1v) is 6.78. The second kappa shape index (κ2) is 5.90. The molecular weight excluding hydrogens is 337 g/mol. The summed E-state index contributed by atoms with van der Waals surface area (Å²) >= 11 is 9.25. The number of hydrogen-bond donors (Lipinski definition) is 2. The van der Waals surface area contributed by atoms with Gasteiger partial charge in [0.05, 0.1) is 10.7 Å². The van der Waals surface area contributed by atoms with Crippen molar-refractivity contribution in [1.82, 2.24) is 0 Å². The topological polar surface area (TPSA) is 75.6 Å². The van der Waals surface area contributed by atoms with Crippen LogP contribution in [0, 0.1) is 0 Å². The summed E-state index contributed by atoms with van der Waals surface area (Å²) in [5.74, 6) is -1.43. The van der Waals surface area contributed by atoms with E-state index in [0.717, 1.165) is 4.47 Å². The number of halogens is 2. The fourth-order valence-electron chi connectivity index (χ4n) is 1.82. The molecule has 0 aromatic heterocycles. The van der Waals surface area contributed by atoms with Crippen molar-refractivity contribution in [2.24, 2.45) is 0 Å². The molecule has 1 aromatic carbocycles. The van der Waals surface area contributed by atoms with E-state index in [1.54, 1.807) is 18.2 Å². The molecule has 1 aromatic rings. The number of carbonyl (C=O) groups is 2. The minimum Gasteiger partial charge on any atom is -0.479 e. The summed E-state index contributed by atoms with van der Waals surface area (Å²) in [6, 6.07) is 5.07. The van der Waals surface area contributed by atoms with E-state index in [0.29, 0.717) is 23.6 Å². The van der Waals surface area contributed by atoms with Gasteiger partial charge in [0, 0.05) is 4.47 Å². The van der Waals surface area contributed by atoms with Crippen LogP contribution >= 0.6 is 27.5 Å². The van der Waals surface area contributed by atoms with E-state index >= 15 is 0 Å². The minimum atomic E-state index is -1.04. The Morgan fingerprint density at radius 2 is 2.05 bits per heavy atom. The van der Waals surface area contributed by atoms with E-state index in [4.69, 9.17) is 21.4 Å². The maximum atomic E-state index is 11.9. The molecule has 1 amide bonds. The average Bonchev–Trinajstić information content (AvgIpc) is 2.82. The zero-order valence-corrected chi connectivity index (χ0v) is 12.1. The Morgan fingerprint density at radius 1 is 1.37 bits per heavy atom. The third kappa shape index (κ3) is 3.46. The Balaban J connectivity index is 2.00. The SMILES string of the molecule is O=C(Nc1ccc(Br)cc1Cl)[C@@H]1CC[C@H](C(=O)O)O1. The van der Waals surface area contributed by atoms with Crippen molar-refractivity contribution in [3.8, 4) is 0 Å². The molecule has 0 unspecified atom stereocenters. The Labute approximate surface area is 123 Å². The number of carbonyl (C=O) groups excluding carboxylic acids is 1. The number of rotatable bonds is 3. The van der Waals surface area contributed by atoms with Gasteiger partial charge in [-0.05, 0) is 31.0 Å². The molecule has 0 aliphatic carbocycles. The van der Waals surface area contributed by atoms with Crippen LogP contribution in [0.15, 0.2) is 22.7 Å². The summed E-state index contributed by atoms with van der Waals surface area (Å²) in [5, 5.41) is 11.8. The molecule has 5 nitrogen and oxygen atoms in total. The molecule has 0 radical (unpaired) electrons. The van der Waals surface area contributed by atoms with Crippen molar-refractivity contribution in [2.45, 2.75) is 25.0 Å². The summed E-state index contributed by atoms with van der Waals surface area (Å²) < 4.78 is 5.96. The summed E-state index contributed by atoms with van der Waals surface area (Å²) in [7, 11) is 0. The lowest BCUT2D eigenvalue weighted by Crippen LogP contribution is -2.30. The highest BCUT2D eigenvalue weighted by atomic mass is 79.9. The molecule has 0 saturated carbocycles. The molecule has 7 heteroatoms. The molecule has 2 atom stereocenters. The second-order valence-electron chi connectivity index (χ2n) is 4.14. The Kier molecular flexibility index (Phi) is 4.44. The van der Waals surface area contributed by atoms with Crippen LogP contribution in [0.2, 0.25) is 5.02 Å². The van der Waals surface area contributed by atoms with Gasteiger partial charge in [0.2, 0.25) is 0 Å². The summed E-state index contributed by atoms with van der Waals surface area (Å²) in [4.78, 5) is 22.7. The molecule has 19 heavy (non-hydrogen) atoms. The normalized spacial score (nSPS) is 22.2. The smallest absolute Gasteiger partial charge is 0.332 e. The zero-order valence-electron chi connectivity index (χ0n) is 9.73. The van der Waals surface area contributed by atoms with Crippen LogP contribution in [0.1, 0.15) is 12.8 Å². The Hall–Kier alpha value is -1.11. The van der Waals surface area contributed by atoms with E-state index in [1.165, 1.54) is 0 Å². The van der Waals surface area contributed by atoms with Crippen LogP contribution in [0.25, 0.3) is 0 Å². The zero-order chi connectivity index (χ0) is 14.0. The third-order valence-electron chi connectivity index (χ3n) is 2.78. The van der Waals surface area contributed by atoms with Crippen molar-refractivity contribution in [1.29, 1.82) is 0 Å². The molecule has 2 N–H and O–H groups in total. The van der Waals surface area contributed by atoms with Gasteiger partial charge < -0.3 is 15.2 Å². The van der Waals surface area contributed by atoms with Crippen LogP contribution < -0.4 is 5.32 Å². The number of hydrogen-bond acceptors (Lipinski definition) is 3. The standard InChI is InChI=1S/C12H11BrClNO4/c13-6-1-2-8(7(14)5-6)15-11(16)9-3-4-10(19-9)12(17)18/h1-2,5,9-10H,3-4H2,(H,15,16)(H,17,18)/t9-,10+/m0/s1. The average molecular weight is 349 g/mol. The van der Waals surface area contributed by atoms with E-state index in [9.17, 15) is 9.59 Å². The number of ether oxygens (including phenoxy) is 1. The lowest BCUT2D eigenvalue weighted by molar-refractivity contribution is -0.150. The molecule has 102 valence electrons. The van der Waals surface area contributed by atoms with Gasteiger partial charge in [-0.1, -0.05) is 27.5 Å². The number of aliphatic carboxylic acids is 1. The van der Waals surface area contributed by atoms with E-state index in [1.807, 2.05) is 0 Å². The van der Waals surface area contributed by atoms with Crippen molar-refractivity contribution < 1.29 is 19.4 Å². The van der Waals surface area contributed by atoms with E-state index in [2.05, 4.69) is 21.2 Å². The predicted molar refractivity (Wildman–Crippen MR) is 73.3 cm³/mol. The van der Waals surface area contributed by atoms with Crippen LogP contribution in [0.5, 0.6) is 0 Å². The molecular formula is C12H11BrClNO4. The first kappa shape index (κ1) is 14.3. The van der Waals surface area contributed by atoms with Crippen molar-refractivity contribution in [2.75, 3.05) is 5.32 Å². The van der Waals surface area contributed by atoms with Gasteiger partial charge >= 0.3 is 5.97 Å². The predicted octanol–water partition coefficient (Wildman–Crippen LogP) is 2.67. The summed E-state index contributed by atoms with van der Waals surface area (Å²) in [6.45, 7) is 0. The molecule has 0 spiro atoms. The number of carboxylic acid groups (broad SMARTS) is 1. The fourth-order valence-corrected chi connectivity index (χ4v) is 2.54. The van der Waals surface area contributed by atoms with Gasteiger partial charge in [-0.15, -0.1) is 0 Å². The largest absolute Gasteiger partial charge is 0.479 e. The molecule has 2 rings (SSSR count). The highest BCUT2D eigenvalue weighted by Crippen LogP contribution is 2.27. The van der Waals surface area contributed by atoms with Gasteiger partial charge in [0.15, 0.2) is 6.10 Å². The quantitative estimate of drug-likeness (QED) is 0.880. The van der Waals surface area contributed by atoms with Gasteiger partial charge in [0.1, 0.15) is 6.10 Å². The van der Waals surface area contributed by atoms with Gasteiger partial charge in [-0.2, -0.15) is 0 Å². The van der Waals surface area contributed by atoms with Crippen LogP contribution in [0.3, 0.4) is 0 Å². The monoisotopic (exact) mass is 347 g/mol. The lowest BCUT2D eigenvalue weighted by Gasteiger charge is -2.12. The fraction of sp³-hybridized carbons (Fsp3) is 0.333. The first-order chi connectivity index (χ1) is 8.97. The summed E-state index contributed by atoms with van der Waals surface area (Å²) in [5.41, 5.74) is 0.470. The number of carboxylic acids is 1. The van der Waals surface area contributed by atoms with Crippen molar-refractivity contribution in [3.63, 3.8) is 0 Å². The highest BCUT2D eigenvalue weighted by Gasteiger charge is 2.34. The van der Waals surface area contributed by atoms with Gasteiger partial charge in [-0.25, -0.2) is 4.79 Å². The van der Waals surface area contributed by atoms with Crippen LogP contribution in [-0.2, 0) is 14.3 Å². The molecule has 1 aliphatic heterocycles. The number of anilines is 1. The van der Waals surface area contributed by atoms with Crippen LogP contribution in [-0.4, -0.2) is 29.2 Å². The van der Waals surface area contributed by atoms with Crippen LogP contribution in [0.4, 0.5) is 5.69 Å². The molecule has 1 fully saturated rings. The Morgan fingerprint density at radius 3 is 2.63 bits per heavy atom. The first-order valence-electron chi connectivity index (χ1n) is 5.61. The van der Waals surface area contributed by atoms with Crippen molar-refractivity contribution in [3.05, 3.63) is 27.7 Å². The summed E-state index contributed by atoms with van der Waals surface area (Å²) in [6.07, 6.45) is -0.935. The third-order valence-corrected chi connectivity index (χ3v) is 3.58. The molecule has 0 bridgehead atoms. The van der Waals surface area contributed by atoms with E-state index < -0.39 is 18.2 Å². The maximum Gasteiger partial charge on any atom is 0.332 e. The second-order valence-corrected chi connectivity index (χ2v) is 5.47. The minimum absolute atomic E-state index is 0.335. The number of amides is 1. The molecule has 1 aliphatic rings. The maximum absolute atomic E-state index is 11.9.